The number of benzene rings is 1. The van der Waals surface area contributed by atoms with Crippen LogP contribution in [0.2, 0.25) is 0 Å². The van der Waals surface area contributed by atoms with Gasteiger partial charge in [-0.05, 0) is 6.92 Å². The van der Waals surface area contributed by atoms with E-state index in [1.165, 1.54) is 16.9 Å². The second kappa shape index (κ2) is 5.95. The van der Waals surface area contributed by atoms with Crippen LogP contribution in [-0.4, -0.2) is 28.6 Å². The fourth-order valence-corrected chi connectivity index (χ4v) is 3.61. The van der Waals surface area contributed by atoms with Crippen LogP contribution in [0, 0.1) is 6.92 Å². The average Bonchev–Trinajstić information content (AvgIpc) is 3.10. The number of hydrogen-bond donors (Lipinski definition) is 2. The molecule has 1 fully saturated rings. The lowest BCUT2D eigenvalue weighted by Crippen LogP contribution is -2.37. The Morgan fingerprint density at radius 3 is 2.90 bits per heavy atom. The zero-order chi connectivity index (χ0) is 13.9. The Kier molecular flexibility index (Phi) is 4.05. The highest BCUT2D eigenvalue weighted by atomic mass is 32.2. The third-order valence-electron chi connectivity index (χ3n) is 3.11. The lowest BCUT2D eigenvalue weighted by Gasteiger charge is -2.07. The van der Waals surface area contributed by atoms with E-state index in [4.69, 9.17) is 0 Å². The average molecular weight is 305 g/mol. The third kappa shape index (κ3) is 3.03. The number of carbonyl (C=O) groups excluding carboxylic acids is 1. The molecule has 1 aliphatic rings. The van der Waals surface area contributed by atoms with Gasteiger partial charge >= 0.3 is 0 Å². The molecule has 0 bridgehead atoms. The molecule has 20 heavy (non-hydrogen) atoms. The van der Waals surface area contributed by atoms with E-state index in [2.05, 4.69) is 34.7 Å². The first-order valence-electron chi connectivity index (χ1n) is 6.37. The van der Waals surface area contributed by atoms with Crippen LogP contribution in [0.1, 0.15) is 5.56 Å². The summed E-state index contributed by atoms with van der Waals surface area (Å²) in [6.07, 6.45) is 0. The summed E-state index contributed by atoms with van der Waals surface area (Å²) in [6, 6.07) is 8.11. The summed E-state index contributed by atoms with van der Waals surface area (Å²) >= 11 is 3.19. The van der Waals surface area contributed by atoms with E-state index in [-0.39, 0.29) is 11.9 Å². The number of thiazole rings is 1. The SMILES string of the molecule is Cc1ccc(-c2csc(NC(=O)C3CSCN3)n2)cc1. The highest BCUT2D eigenvalue weighted by Crippen LogP contribution is 2.25. The lowest BCUT2D eigenvalue weighted by molar-refractivity contribution is -0.117. The Balaban J connectivity index is 1.70. The van der Waals surface area contributed by atoms with E-state index in [1.54, 1.807) is 11.8 Å². The fraction of sp³-hybridized carbons (Fsp3) is 0.286. The molecule has 0 saturated carbocycles. The molecule has 104 valence electrons. The molecule has 2 aromatic rings. The molecule has 2 N–H and O–H groups in total. The number of thioether (sulfide) groups is 1. The standard InChI is InChI=1S/C14H15N3OS2/c1-9-2-4-10(5-3-9)11-7-20-14(16-11)17-13(18)12-6-19-8-15-12/h2-5,7,12,15H,6,8H2,1H3,(H,16,17,18). The quantitative estimate of drug-likeness (QED) is 0.915. The van der Waals surface area contributed by atoms with Crippen LogP contribution in [0.3, 0.4) is 0 Å². The molecule has 1 aliphatic heterocycles. The second-order valence-corrected chi connectivity index (χ2v) is 6.55. The number of aryl methyl sites for hydroxylation is 1. The zero-order valence-electron chi connectivity index (χ0n) is 11.1. The molecule has 1 aromatic heterocycles. The molecule has 0 aliphatic carbocycles. The molecule has 1 atom stereocenters. The first-order valence-corrected chi connectivity index (χ1v) is 8.40. The van der Waals surface area contributed by atoms with E-state index in [1.807, 2.05) is 17.5 Å². The minimum atomic E-state index is -0.105. The lowest BCUT2D eigenvalue weighted by atomic mass is 10.1. The van der Waals surface area contributed by atoms with Gasteiger partial charge in [0.2, 0.25) is 5.91 Å². The van der Waals surface area contributed by atoms with E-state index >= 15 is 0 Å². The van der Waals surface area contributed by atoms with Gasteiger partial charge in [0.25, 0.3) is 0 Å². The molecule has 3 rings (SSSR count). The highest BCUT2D eigenvalue weighted by Gasteiger charge is 2.23. The summed E-state index contributed by atoms with van der Waals surface area (Å²) in [7, 11) is 0. The number of anilines is 1. The van der Waals surface area contributed by atoms with E-state index in [0.29, 0.717) is 5.13 Å². The van der Waals surface area contributed by atoms with Gasteiger partial charge in [-0.25, -0.2) is 4.98 Å². The van der Waals surface area contributed by atoms with E-state index in [9.17, 15) is 4.79 Å². The highest BCUT2D eigenvalue weighted by molar-refractivity contribution is 7.99. The molecule has 2 heterocycles. The van der Waals surface area contributed by atoms with Crippen molar-refractivity contribution in [1.29, 1.82) is 0 Å². The van der Waals surface area contributed by atoms with Crippen molar-refractivity contribution in [2.75, 3.05) is 16.9 Å². The fourth-order valence-electron chi connectivity index (χ4n) is 1.94. The number of nitrogens with one attached hydrogen (secondary N) is 2. The summed E-state index contributed by atoms with van der Waals surface area (Å²) in [5.74, 6) is 1.66. The number of nitrogens with zero attached hydrogens (tertiary/aromatic N) is 1. The van der Waals surface area contributed by atoms with Crippen molar-refractivity contribution in [3.05, 3.63) is 35.2 Å². The molecule has 1 saturated heterocycles. The van der Waals surface area contributed by atoms with Crippen LogP contribution < -0.4 is 10.6 Å². The van der Waals surface area contributed by atoms with Gasteiger partial charge < -0.3 is 5.32 Å². The molecule has 4 nitrogen and oxygen atoms in total. The van der Waals surface area contributed by atoms with Gasteiger partial charge in [-0.3, -0.25) is 10.1 Å². The largest absolute Gasteiger partial charge is 0.301 e. The van der Waals surface area contributed by atoms with Crippen molar-refractivity contribution in [2.45, 2.75) is 13.0 Å². The van der Waals surface area contributed by atoms with Gasteiger partial charge in [0.1, 0.15) is 0 Å². The minimum Gasteiger partial charge on any atom is -0.301 e. The van der Waals surface area contributed by atoms with Gasteiger partial charge in [-0.2, -0.15) is 0 Å². The first-order chi connectivity index (χ1) is 9.72. The Labute approximate surface area is 126 Å². The smallest absolute Gasteiger partial charge is 0.244 e. The molecule has 1 amide bonds. The number of aromatic nitrogens is 1. The Morgan fingerprint density at radius 2 is 2.20 bits per heavy atom. The molecular formula is C14H15N3OS2. The van der Waals surface area contributed by atoms with Crippen molar-refractivity contribution < 1.29 is 4.79 Å². The van der Waals surface area contributed by atoms with E-state index < -0.39 is 0 Å². The first kappa shape index (κ1) is 13.6. The topological polar surface area (TPSA) is 54.0 Å². The third-order valence-corrected chi connectivity index (χ3v) is 4.81. The van der Waals surface area contributed by atoms with Crippen LogP contribution in [0.25, 0.3) is 11.3 Å². The van der Waals surface area contributed by atoms with Gasteiger partial charge in [0.05, 0.1) is 11.7 Å². The van der Waals surface area contributed by atoms with Crippen LogP contribution in [-0.2, 0) is 4.79 Å². The van der Waals surface area contributed by atoms with Crippen LogP contribution in [0.15, 0.2) is 29.6 Å². The molecule has 1 unspecified atom stereocenters. The predicted molar refractivity (Wildman–Crippen MR) is 85.2 cm³/mol. The number of carbonyl (C=O) groups is 1. The number of hydrogen-bond acceptors (Lipinski definition) is 5. The van der Waals surface area contributed by atoms with Crippen molar-refractivity contribution >= 4 is 34.1 Å². The summed E-state index contributed by atoms with van der Waals surface area (Å²) < 4.78 is 0. The molecule has 0 radical (unpaired) electrons. The number of rotatable bonds is 3. The molecular weight excluding hydrogens is 290 g/mol. The van der Waals surface area contributed by atoms with Crippen LogP contribution in [0.5, 0.6) is 0 Å². The normalized spacial score (nSPS) is 18.1. The molecule has 1 aromatic carbocycles. The van der Waals surface area contributed by atoms with Gasteiger partial charge in [-0.15, -0.1) is 23.1 Å². The van der Waals surface area contributed by atoms with Gasteiger partial charge in [0.15, 0.2) is 5.13 Å². The van der Waals surface area contributed by atoms with Crippen molar-refractivity contribution in [1.82, 2.24) is 10.3 Å². The summed E-state index contributed by atoms with van der Waals surface area (Å²) in [4.78, 5) is 16.5. The maximum absolute atomic E-state index is 12.0. The summed E-state index contributed by atoms with van der Waals surface area (Å²) in [5.41, 5.74) is 3.20. The van der Waals surface area contributed by atoms with Crippen LogP contribution >= 0.6 is 23.1 Å². The maximum Gasteiger partial charge on any atom is 0.244 e. The van der Waals surface area contributed by atoms with Gasteiger partial charge in [0, 0.05) is 22.6 Å². The minimum absolute atomic E-state index is 0.000180. The summed E-state index contributed by atoms with van der Waals surface area (Å²) in [5, 5.41) is 8.65. The molecule has 6 heteroatoms. The van der Waals surface area contributed by atoms with E-state index in [0.717, 1.165) is 22.9 Å². The van der Waals surface area contributed by atoms with Gasteiger partial charge in [-0.1, -0.05) is 29.8 Å². The number of amides is 1. The maximum atomic E-state index is 12.0. The Morgan fingerprint density at radius 1 is 1.40 bits per heavy atom. The molecule has 0 spiro atoms. The Hall–Kier alpha value is -1.37. The van der Waals surface area contributed by atoms with Crippen molar-refractivity contribution in [2.24, 2.45) is 0 Å². The zero-order valence-corrected chi connectivity index (χ0v) is 12.7. The van der Waals surface area contributed by atoms with Crippen molar-refractivity contribution in [3.63, 3.8) is 0 Å². The Bertz CT molecular complexity index is 603. The predicted octanol–water partition coefficient (Wildman–Crippen LogP) is 2.72. The second-order valence-electron chi connectivity index (χ2n) is 4.67. The monoisotopic (exact) mass is 305 g/mol. The summed E-state index contributed by atoms with van der Waals surface area (Å²) in [6.45, 7) is 2.06. The van der Waals surface area contributed by atoms with Crippen molar-refractivity contribution in [3.8, 4) is 11.3 Å². The van der Waals surface area contributed by atoms with Crippen LogP contribution in [0.4, 0.5) is 5.13 Å².